The van der Waals surface area contributed by atoms with Gasteiger partial charge in [-0.15, -0.1) is 0 Å². The number of nitrogens with zero attached hydrogens (tertiary/aromatic N) is 1. The van der Waals surface area contributed by atoms with Gasteiger partial charge in [-0.2, -0.15) is 0 Å². The zero-order valence-corrected chi connectivity index (χ0v) is 16.2. The first kappa shape index (κ1) is 17.8. The molecule has 1 spiro atoms. The molecule has 1 heterocycles. The van der Waals surface area contributed by atoms with Crippen LogP contribution >= 0.6 is 0 Å². The lowest BCUT2D eigenvalue weighted by molar-refractivity contribution is -0.132. The van der Waals surface area contributed by atoms with Crippen molar-refractivity contribution in [3.05, 3.63) is 70.8 Å². The van der Waals surface area contributed by atoms with Crippen LogP contribution in [0, 0.1) is 0 Å². The molecule has 0 bridgehead atoms. The van der Waals surface area contributed by atoms with E-state index >= 15 is 0 Å². The van der Waals surface area contributed by atoms with Crippen LogP contribution in [0.15, 0.2) is 48.5 Å². The Morgan fingerprint density at radius 1 is 1.04 bits per heavy atom. The molecule has 2 aromatic rings. The predicted octanol–water partition coefficient (Wildman–Crippen LogP) is 4.27. The van der Waals surface area contributed by atoms with Crippen molar-refractivity contribution in [2.24, 2.45) is 0 Å². The molecule has 4 heteroatoms. The molecule has 0 unspecified atom stereocenters. The SMILES string of the molecule is CC(C)(C)c1ccc(CN2C(=O)N[C@@]3(CCCc4ccccc43)C2=O)cc1. The van der Waals surface area contributed by atoms with E-state index in [1.54, 1.807) is 0 Å². The number of aryl methyl sites for hydroxylation is 1. The van der Waals surface area contributed by atoms with Crippen molar-refractivity contribution in [3.8, 4) is 0 Å². The number of amides is 3. The van der Waals surface area contributed by atoms with Crippen molar-refractivity contribution in [1.29, 1.82) is 0 Å². The summed E-state index contributed by atoms with van der Waals surface area (Å²) in [4.78, 5) is 27.4. The molecule has 1 fully saturated rings. The van der Waals surface area contributed by atoms with Gasteiger partial charge in [-0.1, -0.05) is 69.3 Å². The summed E-state index contributed by atoms with van der Waals surface area (Å²) in [5, 5.41) is 3.02. The summed E-state index contributed by atoms with van der Waals surface area (Å²) in [7, 11) is 0. The first-order chi connectivity index (χ1) is 12.8. The van der Waals surface area contributed by atoms with Crippen LogP contribution in [-0.2, 0) is 28.7 Å². The minimum absolute atomic E-state index is 0.0786. The maximum Gasteiger partial charge on any atom is 0.325 e. The summed E-state index contributed by atoms with van der Waals surface area (Å²) in [6.07, 6.45) is 2.51. The number of benzene rings is 2. The Hall–Kier alpha value is -2.62. The highest BCUT2D eigenvalue weighted by atomic mass is 16.2. The predicted molar refractivity (Wildman–Crippen MR) is 105 cm³/mol. The number of hydrogen-bond acceptors (Lipinski definition) is 2. The first-order valence-electron chi connectivity index (χ1n) is 9.63. The number of urea groups is 1. The summed E-state index contributed by atoms with van der Waals surface area (Å²) < 4.78 is 0. The average Bonchev–Trinajstić information content (AvgIpc) is 2.87. The van der Waals surface area contributed by atoms with E-state index in [1.807, 2.05) is 30.3 Å². The van der Waals surface area contributed by atoms with Gasteiger partial charge in [0.1, 0.15) is 5.54 Å². The van der Waals surface area contributed by atoms with Gasteiger partial charge in [-0.25, -0.2) is 4.79 Å². The van der Waals surface area contributed by atoms with Gasteiger partial charge in [-0.3, -0.25) is 9.69 Å². The molecule has 2 aromatic carbocycles. The lowest BCUT2D eigenvalue weighted by Crippen LogP contribution is -2.46. The molecule has 0 radical (unpaired) electrons. The van der Waals surface area contributed by atoms with Gasteiger partial charge in [0.2, 0.25) is 0 Å². The second-order valence-electron chi connectivity index (χ2n) is 8.68. The molecular formula is C23H26N2O2. The highest BCUT2D eigenvalue weighted by Crippen LogP contribution is 2.40. The monoisotopic (exact) mass is 362 g/mol. The molecule has 0 aromatic heterocycles. The zero-order valence-electron chi connectivity index (χ0n) is 16.2. The topological polar surface area (TPSA) is 49.4 Å². The third-order valence-electron chi connectivity index (χ3n) is 5.81. The molecule has 27 heavy (non-hydrogen) atoms. The van der Waals surface area contributed by atoms with E-state index in [1.165, 1.54) is 10.5 Å². The summed E-state index contributed by atoms with van der Waals surface area (Å²) in [6.45, 7) is 6.82. The number of fused-ring (bicyclic) bond motifs is 2. The summed E-state index contributed by atoms with van der Waals surface area (Å²) in [5.74, 6) is -0.125. The van der Waals surface area contributed by atoms with Crippen LogP contribution in [0.25, 0.3) is 0 Å². The van der Waals surface area contributed by atoms with E-state index in [0.29, 0.717) is 13.0 Å². The molecule has 1 aliphatic heterocycles. The van der Waals surface area contributed by atoms with Gasteiger partial charge in [0, 0.05) is 0 Å². The number of carbonyl (C=O) groups excluding carboxylic acids is 2. The van der Waals surface area contributed by atoms with Crippen molar-refractivity contribution in [1.82, 2.24) is 10.2 Å². The van der Waals surface area contributed by atoms with Crippen molar-refractivity contribution in [2.45, 2.75) is 57.5 Å². The number of hydrogen-bond donors (Lipinski definition) is 1. The van der Waals surface area contributed by atoms with Gasteiger partial charge in [0.15, 0.2) is 0 Å². The molecule has 1 aliphatic carbocycles. The normalized spacial score (nSPS) is 22.1. The maximum atomic E-state index is 13.3. The van der Waals surface area contributed by atoms with Gasteiger partial charge in [0.05, 0.1) is 6.54 Å². The smallest absolute Gasteiger partial charge is 0.319 e. The number of carbonyl (C=O) groups is 2. The van der Waals surface area contributed by atoms with Crippen molar-refractivity contribution < 1.29 is 9.59 Å². The fraction of sp³-hybridized carbons (Fsp3) is 0.391. The standard InChI is InChI=1S/C23H26N2O2/c1-22(2,3)18-12-10-16(11-13-18)15-25-20(26)23(24-21(25)27)14-6-8-17-7-4-5-9-19(17)23/h4-5,7,9-13H,6,8,14-15H2,1-3H3,(H,24,27)/t23-/m1/s1. The Bertz CT molecular complexity index is 895. The Balaban J connectivity index is 1.61. The fourth-order valence-electron chi connectivity index (χ4n) is 4.25. The maximum absolute atomic E-state index is 13.3. The molecule has 3 amide bonds. The third kappa shape index (κ3) is 2.93. The Morgan fingerprint density at radius 3 is 2.44 bits per heavy atom. The number of imide groups is 1. The van der Waals surface area contributed by atoms with E-state index in [4.69, 9.17) is 0 Å². The molecule has 0 saturated carbocycles. The summed E-state index contributed by atoms with van der Waals surface area (Å²) >= 11 is 0. The van der Waals surface area contributed by atoms with Crippen LogP contribution in [-0.4, -0.2) is 16.8 Å². The van der Waals surface area contributed by atoms with E-state index in [0.717, 1.165) is 29.5 Å². The Kier molecular flexibility index (Phi) is 4.10. The quantitative estimate of drug-likeness (QED) is 0.811. The van der Waals surface area contributed by atoms with Crippen LogP contribution in [0.5, 0.6) is 0 Å². The Labute approximate surface area is 160 Å². The number of nitrogens with one attached hydrogen (secondary N) is 1. The van der Waals surface area contributed by atoms with Crippen molar-refractivity contribution in [2.75, 3.05) is 0 Å². The van der Waals surface area contributed by atoms with E-state index in [9.17, 15) is 9.59 Å². The van der Waals surface area contributed by atoms with Gasteiger partial charge in [0.25, 0.3) is 5.91 Å². The largest absolute Gasteiger partial charge is 0.325 e. The molecule has 140 valence electrons. The van der Waals surface area contributed by atoms with Gasteiger partial charge < -0.3 is 5.32 Å². The second-order valence-corrected chi connectivity index (χ2v) is 8.68. The van der Waals surface area contributed by atoms with Crippen LogP contribution < -0.4 is 5.32 Å². The molecule has 4 rings (SSSR count). The van der Waals surface area contributed by atoms with Crippen LogP contribution in [0.2, 0.25) is 0 Å². The van der Waals surface area contributed by atoms with E-state index in [2.05, 4.69) is 44.3 Å². The summed E-state index contributed by atoms with van der Waals surface area (Å²) in [6, 6.07) is 15.9. The molecular weight excluding hydrogens is 336 g/mol. The highest BCUT2D eigenvalue weighted by molar-refractivity contribution is 6.07. The fourth-order valence-corrected chi connectivity index (χ4v) is 4.25. The van der Waals surface area contributed by atoms with Gasteiger partial charge in [-0.05, 0) is 46.9 Å². The lowest BCUT2D eigenvalue weighted by Gasteiger charge is -2.33. The molecule has 1 N–H and O–H groups in total. The molecule has 1 saturated heterocycles. The molecule has 1 atom stereocenters. The second kappa shape index (κ2) is 6.22. The average molecular weight is 362 g/mol. The van der Waals surface area contributed by atoms with Crippen molar-refractivity contribution >= 4 is 11.9 Å². The Morgan fingerprint density at radius 2 is 1.74 bits per heavy atom. The van der Waals surface area contributed by atoms with Crippen LogP contribution in [0.4, 0.5) is 4.79 Å². The number of rotatable bonds is 2. The van der Waals surface area contributed by atoms with Crippen LogP contribution in [0.3, 0.4) is 0 Å². The van der Waals surface area contributed by atoms with Gasteiger partial charge >= 0.3 is 6.03 Å². The van der Waals surface area contributed by atoms with Crippen molar-refractivity contribution in [3.63, 3.8) is 0 Å². The minimum Gasteiger partial charge on any atom is -0.319 e. The summed E-state index contributed by atoms with van der Waals surface area (Å²) in [5.41, 5.74) is 3.51. The molecule has 2 aliphatic rings. The lowest BCUT2D eigenvalue weighted by atomic mass is 9.76. The van der Waals surface area contributed by atoms with E-state index < -0.39 is 5.54 Å². The third-order valence-corrected chi connectivity index (χ3v) is 5.81. The first-order valence-corrected chi connectivity index (χ1v) is 9.63. The zero-order chi connectivity index (χ0) is 19.2. The van der Waals surface area contributed by atoms with Crippen LogP contribution in [0.1, 0.15) is 55.9 Å². The highest BCUT2D eigenvalue weighted by Gasteiger charge is 2.53. The van der Waals surface area contributed by atoms with E-state index in [-0.39, 0.29) is 17.4 Å². The minimum atomic E-state index is -0.892. The molecule has 4 nitrogen and oxygen atoms in total.